The van der Waals surface area contributed by atoms with Crippen LogP contribution in [-0.2, 0) is 14.8 Å². The minimum atomic E-state index is -3.92. The summed E-state index contributed by atoms with van der Waals surface area (Å²) in [5, 5.41) is 1.11. The Kier molecular flexibility index (Phi) is 4.50. The van der Waals surface area contributed by atoms with Crippen LogP contribution in [0.1, 0.15) is 27.6 Å². The Hall–Kier alpha value is -3.39. The fourth-order valence-electron chi connectivity index (χ4n) is 3.44. The molecule has 0 bridgehead atoms. The molecule has 7 nitrogen and oxygen atoms in total. The first-order valence-corrected chi connectivity index (χ1v) is 10.5. The number of carbonyl (C=O) groups excluding carboxylic acids is 2. The van der Waals surface area contributed by atoms with E-state index in [1.165, 1.54) is 35.2 Å². The second-order valence-electron chi connectivity index (χ2n) is 6.58. The van der Waals surface area contributed by atoms with E-state index in [0.29, 0.717) is 33.3 Å². The van der Waals surface area contributed by atoms with Crippen LogP contribution in [0, 0.1) is 0 Å². The fourth-order valence-corrected chi connectivity index (χ4v) is 4.71. The summed E-state index contributed by atoms with van der Waals surface area (Å²) in [4.78, 5) is 25.7. The van der Waals surface area contributed by atoms with Gasteiger partial charge in [-0.15, -0.1) is 0 Å². The van der Waals surface area contributed by atoms with Gasteiger partial charge in [0.15, 0.2) is 0 Å². The van der Waals surface area contributed by atoms with Crippen LogP contribution in [0.25, 0.3) is 10.8 Å². The minimum absolute atomic E-state index is 0.0793. The van der Waals surface area contributed by atoms with Gasteiger partial charge >= 0.3 is 5.97 Å². The molecule has 0 atom stereocenters. The highest BCUT2D eigenvalue weighted by molar-refractivity contribution is 7.93. The highest BCUT2D eigenvalue weighted by atomic mass is 32.2. The zero-order valence-electron chi connectivity index (χ0n) is 15.8. The van der Waals surface area contributed by atoms with Gasteiger partial charge in [0.25, 0.3) is 15.9 Å². The predicted octanol–water partition coefficient (Wildman–Crippen LogP) is 3.41. The number of amides is 1. The maximum Gasteiger partial charge on any atom is 0.338 e. The summed E-state index contributed by atoms with van der Waals surface area (Å²) in [7, 11) is -2.26. The third kappa shape index (κ3) is 3.11. The second-order valence-corrected chi connectivity index (χ2v) is 8.23. The maximum absolute atomic E-state index is 13.0. The third-order valence-corrected chi connectivity index (χ3v) is 6.25. The lowest BCUT2D eigenvalue weighted by Crippen LogP contribution is -2.20. The van der Waals surface area contributed by atoms with Crippen molar-refractivity contribution < 1.29 is 22.7 Å². The summed E-state index contributed by atoms with van der Waals surface area (Å²) in [5.74, 6) is -0.633. The number of sulfonamides is 1. The van der Waals surface area contributed by atoms with Gasteiger partial charge in [0.1, 0.15) is 0 Å². The lowest BCUT2D eigenvalue weighted by atomic mass is 10.1. The van der Waals surface area contributed by atoms with Crippen LogP contribution in [0.5, 0.6) is 0 Å². The molecular weight excluding hydrogens is 392 g/mol. The number of nitrogens with one attached hydrogen (secondary N) is 1. The van der Waals surface area contributed by atoms with Crippen molar-refractivity contribution >= 4 is 44.0 Å². The Morgan fingerprint density at radius 1 is 1.07 bits per heavy atom. The van der Waals surface area contributed by atoms with Crippen molar-refractivity contribution in [3.63, 3.8) is 0 Å². The van der Waals surface area contributed by atoms with Crippen molar-refractivity contribution in [3.05, 3.63) is 65.7 Å². The van der Waals surface area contributed by atoms with Crippen LogP contribution in [0.3, 0.4) is 0 Å². The zero-order chi connectivity index (χ0) is 20.8. The van der Waals surface area contributed by atoms with E-state index in [2.05, 4.69) is 4.72 Å². The molecule has 1 aliphatic heterocycles. The molecule has 8 heteroatoms. The van der Waals surface area contributed by atoms with Crippen LogP contribution < -0.4 is 9.62 Å². The van der Waals surface area contributed by atoms with Gasteiger partial charge in [-0.2, -0.15) is 0 Å². The van der Waals surface area contributed by atoms with E-state index in [1.54, 1.807) is 38.2 Å². The van der Waals surface area contributed by atoms with Crippen LogP contribution in [0.2, 0.25) is 0 Å². The Morgan fingerprint density at radius 2 is 1.79 bits per heavy atom. The number of carbonyl (C=O) groups is 2. The topological polar surface area (TPSA) is 92.8 Å². The van der Waals surface area contributed by atoms with Gasteiger partial charge in [0.2, 0.25) is 0 Å². The average Bonchev–Trinajstić information content (AvgIpc) is 2.95. The van der Waals surface area contributed by atoms with Crippen molar-refractivity contribution in [1.82, 2.24) is 0 Å². The average molecular weight is 410 g/mol. The standard InChI is InChI=1S/C21H18N2O5S/c1-3-28-21(25)13-7-9-14(10-8-13)22-29(26,27)18-12-11-17-19-15(18)5-4-6-16(19)20(24)23(17)2/h4-12,22H,3H2,1-2H3. The molecule has 1 N–H and O–H groups in total. The van der Waals surface area contributed by atoms with E-state index >= 15 is 0 Å². The minimum Gasteiger partial charge on any atom is -0.462 e. The summed E-state index contributed by atoms with van der Waals surface area (Å²) in [6, 6.07) is 14.2. The Balaban J connectivity index is 1.71. The monoisotopic (exact) mass is 410 g/mol. The van der Waals surface area contributed by atoms with Crippen molar-refractivity contribution in [2.45, 2.75) is 11.8 Å². The first kappa shape index (κ1) is 18.9. The van der Waals surface area contributed by atoms with Gasteiger partial charge in [0, 0.05) is 29.1 Å². The number of hydrogen-bond donors (Lipinski definition) is 1. The summed E-state index contributed by atoms with van der Waals surface area (Å²) < 4.78 is 33.5. The quantitative estimate of drug-likeness (QED) is 0.651. The molecule has 3 aromatic rings. The van der Waals surface area contributed by atoms with E-state index in [0.717, 1.165) is 0 Å². The highest BCUT2D eigenvalue weighted by Crippen LogP contribution is 2.39. The van der Waals surface area contributed by atoms with Crippen LogP contribution in [0.4, 0.5) is 11.4 Å². The van der Waals surface area contributed by atoms with Gasteiger partial charge in [-0.25, -0.2) is 13.2 Å². The van der Waals surface area contributed by atoms with Crippen LogP contribution in [0.15, 0.2) is 59.5 Å². The Morgan fingerprint density at radius 3 is 2.48 bits per heavy atom. The molecular formula is C21H18N2O5S. The van der Waals surface area contributed by atoms with Gasteiger partial charge in [0.05, 0.1) is 22.8 Å². The zero-order valence-corrected chi connectivity index (χ0v) is 16.6. The number of anilines is 2. The van der Waals surface area contributed by atoms with Gasteiger partial charge in [-0.1, -0.05) is 12.1 Å². The SMILES string of the molecule is CCOC(=O)c1ccc(NS(=O)(=O)c2ccc3c4c(cccc24)C(=O)N3C)cc1. The molecule has 0 aliphatic carbocycles. The molecule has 0 fully saturated rings. The molecule has 0 radical (unpaired) electrons. The molecule has 0 unspecified atom stereocenters. The van der Waals surface area contributed by atoms with Gasteiger partial charge in [-0.05, 0) is 49.4 Å². The molecule has 0 aromatic heterocycles. The number of hydrogen-bond acceptors (Lipinski definition) is 5. The number of rotatable bonds is 5. The molecule has 29 heavy (non-hydrogen) atoms. The highest BCUT2D eigenvalue weighted by Gasteiger charge is 2.30. The van der Waals surface area contributed by atoms with Crippen molar-refractivity contribution in [2.24, 2.45) is 0 Å². The van der Waals surface area contributed by atoms with Crippen LogP contribution in [-0.4, -0.2) is 33.9 Å². The molecule has 0 spiro atoms. The van der Waals surface area contributed by atoms with E-state index in [9.17, 15) is 18.0 Å². The summed E-state index contributed by atoms with van der Waals surface area (Å²) in [5.41, 5.74) is 1.81. The van der Waals surface area contributed by atoms with Gasteiger partial charge in [-0.3, -0.25) is 9.52 Å². The third-order valence-electron chi connectivity index (χ3n) is 4.81. The number of esters is 1. The molecule has 148 valence electrons. The van der Waals surface area contributed by atoms with Crippen molar-refractivity contribution in [1.29, 1.82) is 0 Å². The summed E-state index contributed by atoms with van der Waals surface area (Å²) >= 11 is 0. The number of ether oxygens (including phenoxy) is 1. The maximum atomic E-state index is 13.0. The first-order valence-electron chi connectivity index (χ1n) is 8.97. The first-order chi connectivity index (χ1) is 13.8. The van der Waals surface area contributed by atoms with E-state index < -0.39 is 16.0 Å². The lowest BCUT2D eigenvalue weighted by Gasteiger charge is -2.13. The van der Waals surface area contributed by atoms with Crippen LogP contribution >= 0.6 is 0 Å². The number of nitrogens with zero attached hydrogens (tertiary/aromatic N) is 1. The second kappa shape index (κ2) is 6.89. The van der Waals surface area contributed by atoms with Crippen molar-refractivity contribution in [2.75, 3.05) is 23.3 Å². The van der Waals surface area contributed by atoms with Crippen molar-refractivity contribution in [3.8, 4) is 0 Å². The Labute approximate surface area is 167 Å². The molecule has 0 saturated carbocycles. The smallest absolute Gasteiger partial charge is 0.338 e. The molecule has 1 heterocycles. The Bertz CT molecular complexity index is 1250. The normalized spacial score (nSPS) is 13.0. The molecule has 1 aliphatic rings. The molecule has 0 saturated heterocycles. The van der Waals surface area contributed by atoms with E-state index in [-0.39, 0.29) is 17.4 Å². The van der Waals surface area contributed by atoms with E-state index in [1.807, 2.05) is 0 Å². The molecule has 4 rings (SSSR count). The predicted molar refractivity (Wildman–Crippen MR) is 110 cm³/mol. The largest absolute Gasteiger partial charge is 0.462 e. The van der Waals surface area contributed by atoms with E-state index in [4.69, 9.17) is 4.74 Å². The fraction of sp³-hybridized carbons (Fsp3) is 0.143. The molecule has 3 aromatic carbocycles. The summed E-state index contributed by atoms with van der Waals surface area (Å²) in [6.45, 7) is 1.97. The van der Waals surface area contributed by atoms with Gasteiger partial charge < -0.3 is 9.64 Å². The summed E-state index contributed by atoms with van der Waals surface area (Å²) in [6.07, 6.45) is 0. The number of benzene rings is 3. The molecule has 1 amide bonds. The lowest BCUT2D eigenvalue weighted by molar-refractivity contribution is 0.0526.